The lowest BCUT2D eigenvalue weighted by atomic mass is 10.3. The molecular formula is C6H10O4. The van der Waals surface area contributed by atoms with Crippen LogP contribution in [0.2, 0.25) is 0 Å². The maximum atomic E-state index is 10.5. The third-order valence-corrected chi connectivity index (χ3v) is 0.823. The molecule has 0 aliphatic carbocycles. The third kappa shape index (κ3) is 4.03. The highest BCUT2D eigenvalue weighted by atomic mass is 16.5. The third-order valence-electron chi connectivity index (χ3n) is 0.823. The second-order valence-corrected chi connectivity index (χ2v) is 1.68. The molecule has 0 saturated heterocycles. The quantitative estimate of drug-likeness (QED) is 0.429. The molecule has 0 bridgehead atoms. The highest BCUT2D eigenvalue weighted by molar-refractivity contribution is 5.96. The molecule has 0 radical (unpaired) electrons. The van der Waals surface area contributed by atoms with E-state index in [1.54, 1.807) is 6.92 Å². The van der Waals surface area contributed by atoms with Gasteiger partial charge in [-0.1, -0.05) is 0 Å². The number of Topliss-reactive ketones (excluding diaryl/α,β-unsaturated/α-hetero) is 1. The van der Waals surface area contributed by atoms with E-state index in [0.717, 1.165) is 0 Å². The van der Waals surface area contributed by atoms with Gasteiger partial charge in [0, 0.05) is 0 Å². The molecular weight excluding hydrogens is 136 g/mol. The van der Waals surface area contributed by atoms with Gasteiger partial charge in [-0.25, -0.2) is 0 Å². The van der Waals surface area contributed by atoms with Crippen LogP contribution in [0, 0.1) is 0 Å². The Labute approximate surface area is 58.8 Å². The van der Waals surface area contributed by atoms with Crippen LogP contribution in [0.4, 0.5) is 0 Å². The molecule has 10 heavy (non-hydrogen) atoms. The second kappa shape index (κ2) is 4.93. The second-order valence-electron chi connectivity index (χ2n) is 1.68. The minimum Gasteiger partial charge on any atom is -0.466 e. The molecule has 0 fully saturated rings. The molecule has 58 valence electrons. The molecule has 0 saturated carbocycles. The van der Waals surface area contributed by atoms with Crippen LogP contribution in [0.3, 0.4) is 0 Å². The van der Waals surface area contributed by atoms with Crippen molar-refractivity contribution in [2.75, 3.05) is 13.2 Å². The van der Waals surface area contributed by atoms with Crippen molar-refractivity contribution in [1.82, 2.24) is 0 Å². The fraction of sp³-hybridized carbons (Fsp3) is 0.667. The first-order chi connectivity index (χ1) is 4.70. The minimum atomic E-state index is -0.598. The summed E-state index contributed by atoms with van der Waals surface area (Å²) in [6.07, 6.45) is -0.329. The van der Waals surface area contributed by atoms with Crippen LogP contribution in [0.5, 0.6) is 0 Å². The fourth-order valence-corrected chi connectivity index (χ4v) is 0.429. The van der Waals surface area contributed by atoms with E-state index in [4.69, 9.17) is 5.11 Å². The Balaban J connectivity index is 3.47. The smallest absolute Gasteiger partial charge is 0.313 e. The first kappa shape index (κ1) is 9.10. The largest absolute Gasteiger partial charge is 0.466 e. The Morgan fingerprint density at radius 2 is 2.10 bits per heavy atom. The van der Waals surface area contributed by atoms with Gasteiger partial charge in [0.05, 0.1) is 6.61 Å². The molecule has 0 aromatic heterocycles. The van der Waals surface area contributed by atoms with Gasteiger partial charge in [0.1, 0.15) is 13.0 Å². The van der Waals surface area contributed by atoms with Crippen LogP contribution in [-0.4, -0.2) is 30.1 Å². The Kier molecular flexibility index (Phi) is 4.49. The number of ketones is 1. The van der Waals surface area contributed by atoms with E-state index >= 15 is 0 Å². The van der Waals surface area contributed by atoms with Crippen LogP contribution in [-0.2, 0) is 14.3 Å². The summed E-state index contributed by atoms with van der Waals surface area (Å²) in [7, 11) is 0. The number of esters is 1. The zero-order valence-electron chi connectivity index (χ0n) is 5.79. The molecule has 0 heterocycles. The number of carbonyl (C=O) groups excluding carboxylic acids is 2. The molecule has 1 N–H and O–H groups in total. The zero-order valence-corrected chi connectivity index (χ0v) is 5.79. The Morgan fingerprint density at radius 3 is 2.50 bits per heavy atom. The molecule has 0 aliphatic rings. The molecule has 4 nitrogen and oxygen atoms in total. The van der Waals surface area contributed by atoms with E-state index in [9.17, 15) is 9.59 Å². The van der Waals surface area contributed by atoms with E-state index < -0.39 is 18.4 Å². The molecule has 0 amide bonds. The van der Waals surface area contributed by atoms with Crippen molar-refractivity contribution in [3.05, 3.63) is 0 Å². The van der Waals surface area contributed by atoms with Gasteiger partial charge in [-0.2, -0.15) is 0 Å². The normalized spacial score (nSPS) is 9.00. The van der Waals surface area contributed by atoms with Gasteiger partial charge < -0.3 is 9.84 Å². The summed E-state index contributed by atoms with van der Waals surface area (Å²) < 4.78 is 4.44. The Bertz CT molecular complexity index is 130. The summed E-state index contributed by atoms with van der Waals surface area (Å²) in [6.45, 7) is 1.32. The van der Waals surface area contributed by atoms with Gasteiger partial charge in [-0.15, -0.1) is 0 Å². The number of aliphatic hydroxyl groups is 1. The van der Waals surface area contributed by atoms with Gasteiger partial charge in [0.25, 0.3) is 0 Å². The number of hydrogen-bond donors (Lipinski definition) is 1. The van der Waals surface area contributed by atoms with Crippen LogP contribution >= 0.6 is 0 Å². The maximum Gasteiger partial charge on any atom is 0.313 e. The van der Waals surface area contributed by atoms with Crippen molar-refractivity contribution < 1.29 is 19.4 Å². The van der Waals surface area contributed by atoms with E-state index in [1.807, 2.05) is 0 Å². The summed E-state index contributed by atoms with van der Waals surface area (Å²) in [4.78, 5) is 20.8. The van der Waals surface area contributed by atoms with Crippen molar-refractivity contribution >= 4 is 11.8 Å². The SMILES string of the molecule is CCOC(=O)CC(=O)CO. The predicted octanol–water partition coefficient (Wildman–Crippen LogP) is -0.499. The fourth-order valence-electron chi connectivity index (χ4n) is 0.429. The van der Waals surface area contributed by atoms with E-state index in [2.05, 4.69) is 4.74 Å². The lowest BCUT2D eigenvalue weighted by Gasteiger charge is -1.97. The van der Waals surface area contributed by atoms with E-state index in [-0.39, 0.29) is 13.0 Å². The standard InChI is InChI=1S/C6H10O4/c1-2-10-6(9)3-5(8)4-7/h7H,2-4H2,1H3. The number of hydrogen-bond acceptors (Lipinski definition) is 4. The van der Waals surface area contributed by atoms with Crippen molar-refractivity contribution in [3.63, 3.8) is 0 Å². The van der Waals surface area contributed by atoms with Crippen LogP contribution in [0.25, 0.3) is 0 Å². The van der Waals surface area contributed by atoms with Crippen LogP contribution in [0.15, 0.2) is 0 Å². The van der Waals surface area contributed by atoms with E-state index in [0.29, 0.717) is 0 Å². The predicted molar refractivity (Wildman–Crippen MR) is 33.3 cm³/mol. The lowest BCUT2D eigenvalue weighted by molar-refractivity contribution is -0.146. The molecule has 0 unspecified atom stereocenters. The molecule has 0 aromatic carbocycles. The Hall–Kier alpha value is -0.900. The molecule has 0 atom stereocenters. The first-order valence-corrected chi connectivity index (χ1v) is 2.99. The maximum absolute atomic E-state index is 10.5. The van der Waals surface area contributed by atoms with Gasteiger partial charge in [0.15, 0.2) is 5.78 Å². The highest BCUT2D eigenvalue weighted by Gasteiger charge is 2.07. The van der Waals surface area contributed by atoms with Gasteiger partial charge >= 0.3 is 5.97 Å². The van der Waals surface area contributed by atoms with Crippen molar-refractivity contribution in [1.29, 1.82) is 0 Å². The summed E-state index contributed by atoms with van der Waals surface area (Å²) in [6, 6.07) is 0. The topological polar surface area (TPSA) is 63.6 Å². The Morgan fingerprint density at radius 1 is 1.50 bits per heavy atom. The molecule has 0 spiro atoms. The zero-order chi connectivity index (χ0) is 7.98. The van der Waals surface area contributed by atoms with Gasteiger partial charge in [0.2, 0.25) is 0 Å². The molecule has 0 aliphatic heterocycles. The van der Waals surface area contributed by atoms with Crippen molar-refractivity contribution in [2.45, 2.75) is 13.3 Å². The summed E-state index contributed by atoms with van der Waals surface area (Å²) >= 11 is 0. The average molecular weight is 146 g/mol. The molecule has 4 heteroatoms. The monoisotopic (exact) mass is 146 g/mol. The van der Waals surface area contributed by atoms with Crippen molar-refractivity contribution in [3.8, 4) is 0 Å². The summed E-state index contributed by atoms with van der Waals surface area (Å²) in [5, 5.41) is 8.19. The number of rotatable bonds is 4. The highest BCUT2D eigenvalue weighted by Crippen LogP contribution is 1.86. The number of aliphatic hydroxyl groups excluding tert-OH is 1. The van der Waals surface area contributed by atoms with E-state index in [1.165, 1.54) is 0 Å². The van der Waals surface area contributed by atoms with Crippen LogP contribution < -0.4 is 0 Å². The number of carbonyl (C=O) groups is 2. The van der Waals surface area contributed by atoms with Gasteiger partial charge in [-0.05, 0) is 6.92 Å². The average Bonchev–Trinajstić information content (AvgIpc) is 1.88. The lowest BCUT2D eigenvalue weighted by Crippen LogP contribution is -2.13. The molecule has 0 rings (SSSR count). The molecule has 0 aromatic rings. The summed E-state index contributed by atoms with van der Waals surface area (Å²) in [5.74, 6) is -1.10. The summed E-state index contributed by atoms with van der Waals surface area (Å²) in [5.41, 5.74) is 0. The van der Waals surface area contributed by atoms with Crippen molar-refractivity contribution in [2.24, 2.45) is 0 Å². The van der Waals surface area contributed by atoms with Crippen LogP contribution in [0.1, 0.15) is 13.3 Å². The van der Waals surface area contributed by atoms with Gasteiger partial charge in [-0.3, -0.25) is 9.59 Å². The first-order valence-electron chi connectivity index (χ1n) is 2.99. The number of ether oxygens (including phenoxy) is 1. The minimum absolute atomic E-state index is 0.261.